The maximum Gasteiger partial charge on any atom is 0.329 e. The van der Waals surface area contributed by atoms with E-state index in [9.17, 15) is 9.59 Å². The molecule has 2 N–H and O–H groups in total. The molecule has 0 saturated carbocycles. The van der Waals surface area contributed by atoms with Crippen molar-refractivity contribution in [1.29, 1.82) is 0 Å². The summed E-state index contributed by atoms with van der Waals surface area (Å²) in [5.41, 5.74) is 0.803. The van der Waals surface area contributed by atoms with E-state index in [2.05, 4.69) is 10.6 Å². The van der Waals surface area contributed by atoms with Gasteiger partial charge in [0.25, 0.3) is 0 Å². The third kappa shape index (κ3) is 6.14. The number of hydrogen-bond acceptors (Lipinski definition) is 5. The molecule has 7 heteroatoms. The Morgan fingerprint density at radius 3 is 2.41 bits per heavy atom. The number of carbonyl (C=O) groups is 2. The van der Waals surface area contributed by atoms with Gasteiger partial charge in [-0.3, -0.25) is 0 Å². The molecule has 0 unspecified atom stereocenters. The number of ether oxygens (including phenoxy) is 3. The smallest absolute Gasteiger partial charge is 0.329 e. The second-order valence-electron chi connectivity index (χ2n) is 7.73. The van der Waals surface area contributed by atoms with E-state index in [0.717, 1.165) is 5.56 Å². The van der Waals surface area contributed by atoms with Crippen molar-refractivity contribution in [3.63, 3.8) is 0 Å². The lowest BCUT2D eigenvalue weighted by Gasteiger charge is -2.25. The van der Waals surface area contributed by atoms with Crippen molar-refractivity contribution in [3.8, 4) is 11.5 Å². The molecule has 3 rings (SSSR count). The van der Waals surface area contributed by atoms with Crippen LogP contribution >= 0.6 is 0 Å². The summed E-state index contributed by atoms with van der Waals surface area (Å²) < 4.78 is 16.5. The second kappa shape index (κ2) is 8.86. The zero-order chi connectivity index (χ0) is 20.9. The van der Waals surface area contributed by atoms with Crippen LogP contribution in [0, 0.1) is 0 Å². The molecule has 7 nitrogen and oxygen atoms in total. The zero-order valence-corrected chi connectivity index (χ0v) is 16.9. The predicted octanol–water partition coefficient (Wildman–Crippen LogP) is 3.53. The fraction of sp³-hybridized carbons (Fsp3) is 0.364. The maximum atomic E-state index is 12.6. The molecule has 0 aliphatic carbocycles. The highest BCUT2D eigenvalue weighted by Crippen LogP contribution is 2.32. The van der Waals surface area contributed by atoms with Crippen molar-refractivity contribution in [2.75, 3.05) is 18.5 Å². The molecule has 0 bridgehead atoms. The molecule has 0 spiro atoms. The van der Waals surface area contributed by atoms with Crippen molar-refractivity contribution < 1.29 is 23.8 Å². The van der Waals surface area contributed by atoms with Gasteiger partial charge in [0.1, 0.15) is 24.9 Å². The van der Waals surface area contributed by atoms with Crippen LogP contribution in [0.25, 0.3) is 0 Å². The van der Waals surface area contributed by atoms with Gasteiger partial charge < -0.3 is 24.8 Å². The number of urea groups is 1. The van der Waals surface area contributed by atoms with E-state index in [1.165, 1.54) is 0 Å². The minimum atomic E-state index is -0.825. The van der Waals surface area contributed by atoms with E-state index in [1.807, 2.05) is 30.3 Å². The minimum absolute atomic E-state index is 0.324. The fourth-order valence-electron chi connectivity index (χ4n) is 2.86. The highest BCUT2D eigenvalue weighted by molar-refractivity contribution is 5.93. The third-order valence-electron chi connectivity index (χ3n) is 4.08. The van der Waals surface area contributed by atoms with Crippen LogP contribution in [0.2, 0.25) is 0 Å². The Bertz CT molecular complexity index is 861. The number of hydrogen-bond donors (Lipinski definition) is 2. The van der Waals surface area contributed by atoms with Crippen LogP contribution in [0.3, 0.4) is 0 Å². The Balaban J connectivity index is 1.69. The molecule has 1 aliphatic rings. The summed E-state index contributed by atoms with van der Waals surface area (Å²) in [5, 5.41) is 5.45. The molecule has 29 heavy (non-hydrogen) atoms. The summed E-state index contributed by atoms with van der Waals surface area (Å²) in [6, 6.07) is 13.3. The summed E-state index contributed by atoms with van der Waals surface area (Å²) in [6.45, 7) is 6.33. The molecule has 0 aromatic heterocycles. The quantitative estimate of drug-likeness (QED) is 0.753. The second-order valence-corrected chi connectivity index (χ2v) is 7.73. The first-order valence-electron chi connectivity index (χ1n) is 9.54. The van der Waals surface area contributed by atoms with E-state index in [1.54, 1.807) is 39.0 Å². The number of benzene rings is 2. The monoisotopic (exact) mass is 398 g/mol. The summed E-state index contributed by atoms with van der Waals surface area (Å²) in [7, 11) is 0. The lowest BCUT2D eigenvalue weighted by atomic mass is 10.1. The third-order valence-corrected chi connectivity index (χ3v) is 4.08. The Hall–Kier alpha value is -3.22. The molecule has 0 radical (unpaired) electrons. The van der Waals surface area contributed by atoms with Crippen LogP contribution in [0.15, 0.2) is 48.5 Å². The van der Waals surface area contributed by atoms with Crippen molar-refractivity contribution >= 4 is 17.7 Å². The minimum Gasteiger partial charge on any atom is -0.486 e. The fourth-order valence-corrected chi connectivity index (χ4v) is 2.86. The molecule has 154 valence electrons. The number of esters is 1. The molecular formula is C22H26N2O5. The van der Waals surface area contributed by atoms with Gasteiger partial charge in [-0.2, -0.15) is 0 Å². The van der Waals surface area contributed by atoms with E-state index < -0.39 is 23.6 Å². The van der Waals surface area contributed by atoms with Crippen molar-refractivity contribution in [2.45, 2.75) is 38.8 Å². The Morgan fingerprint density at radius 2 is 1.72 bits per heavy atom. The average molecular weight is 398 g/mol. The lowest BCUT2D eigenvalue weighted by Crippen LogP contribution is -2.47. The van der Waals surface area contributed by atoms with Gasteiger partial charge in [0.2, 0.25) is 0 Å². The molecule has 2 aromatic carbocycles. The van der Waals surface area contributed by atoms with E-state index in [-0.39, 0.29) is 0 Å². The van der Waals surface area contributed by atoms with Gasteiger partial charge in [-0.1, -0.05) is 30.3 Å². The maximum absolute atomic E-state index is 12.6. The Kier molecular flexibility index (Phi) is 6.26. The Morgan fingerprint density at radius 1 is 1.03 bits per heavy atom. The molecule has 2 aromatic rings. The lowest BCUT2D eigenvalue weighted by molar-refractivity contribution is -0.157. The van der Waals surface area contributed by atoms with Gasteiger partial charge in [0.05, 0.1) is 0 Å². The van der Waals surface area contributed by atoms with Gasteiger partial charge in [0, 0.05) is 18.2 Å². The molecule has 1 heterocycles. The number of carbonyl (C=O) groups excluding carboxylic acids is 2. The van der Waals surface area contributed by atoms with Gasteiger partial charge in [-0.25, -0.2) is 9.59 Å². The number of anilines is 1. The highest BCUT2D eigenvalue weighted by atomic mass is 16.6. The SMILES string of the molecule is CC(C)(C)OC(=O)[C@@H](Cc1ccccc1)NC(=O)Nc1ccc2c(c1)OCCO2. The van der Waals surface area contributed by atoms with Crippen molar-refractivity contribution in [1.82, 2.24) is 5.32 Å². The largest absolute Gasteiger partial charge is 0.486 e. The predicted molar refractivity (Wildman–Crippen MR) is 109 cm³/mol. The van der Waals surface area contributed by atoms with Gasteiger partial charge >= 0.3 is 12.0 Å². The zero-order valence-electron chi connectivity index (χ0n) is 16.9. The average Bonchev–Trinajstić information content (AvgIpc) is 2.67. The van der Waals surface area contributed by atoms with Crippen LogP contribution in [0.4, 0.5) is 10.5 Å². The van der Waals surface area contributed by atoms with E-state index >= 15 is 0 Å². The van der Waals surface area contributed by atoms with Crippen LogP contribution < -0.4 is 20.1 Å². The standard InChI is InChI=1S/C22H26N2O5/c1-22(2,3)29-20(25)17(13-15-7-5-4-6-8-15)24-21(26)23-16-9-10-18-19(14-16)28-12-11-27-18/h4-10,14,17H,11-13H2,1-3H3,(H2,23,24,26)/t17-/m1/s1. The van der Waals surface area contributed by atoms with E-state index in [0.29, 0.717) is 36.8 Å². The number of amides is 2. The van der Waals surface area contributed by atoms with Crippen molar-refractivity contribution in [2.24, 2.45) is 0 Å². The number of fused-ring (bicyclic) bond motifs is 1. The van der Waals surface area contributed by atoms with Crippen LogP contribution in [0.1, 0.15) is 26.3 Å². The summed E-state index contributed by atoms with van der Waals surface area (Å²) in [4.78, 5) is 25.2. The van der Waals surface area contributed by atoms with Crippen LogP contribution in [0.5, 0.6) is 11.5 Å². The topological polar surface area (TPSA) is 85.9 Å². The first-order chi connectivity index (χ1) is 13.8. The number of rotatable bonds is 5. The highest BCUT2D eigenvalue weighted by Gasteiger charge is 2.27. The van der Waals surface area contributed by atoms with E-state index in [4.69, 9.17) is 14.2 Å². The summed E-state index contributed by atoms with van der Waals surface area (Å²) in [5.74, 6) is 0.721. The van der Waals surface area contributed by atoms with Crippen LogP contribution in [-0.4, -0.2) is 36.9 Å². The summed E-state index contributed by atoms with van der Waals surface area (Å²) >= 11 is 0. The van der Waals surface area contributed by atoms with Gasteiger partial charge in [-0.05, 0) is 38.5 Å². The molecule has 1 atom stereocenters. The number of nitrogens with one attached hydrogen (secondary N) is 2. The molecule has 1 aliphatic heterocycles. The van der Waals surface area contributed by atoms with Crippen LogP contribution in [-0.2, 0) is 16.0 Å². The molecule has 2 amide bonds. The molecular weight excluding hydrogens is 372 g/mol. The normalized spacial score (nSPS) is 13.9. The van der Waals surface area contributed by atoms with Crippen molar-refractivity contribution in [3.05, 3.63) is 54.1 Å². The summed E-state index contributed by atoms with van der Waals surface area (Å²) in [6.07, 6.45) is 0.324. The first-order valence-corrected chi connectivity index (χ1v) is 9.54. The molecule has 0 fully saturated rings. The van der Waals surface area contributed by atoms with Gasteiger partial charge in [-0.15, -0.1) is 0 Å². The first kappa shape index (κ1) is 20.5. The van der Waals surface area contributed by atoms with Gasteiger partial charge in [0.15, 0.2) is 11.5 Å². The Labute approximate surface area is 170 Å². The molecule has 0 saturated heterocycles.